The second-order valence-corrected chi connectivity index (χ2v) is 8.77. The average molecular weight is 399 g/mol. The summed E-state index contributed by atoms with van der Waals surface area (Å²) in [6.07, 6.45) is 1.44. The van der Waals surface area contributed by atoms with Gasteiger partial charge in [-0.15, -0.1) is 0 Å². The first-order chi connectivity index (χ1) is 13.3. The van der Waals surface area contributed by atoms with Gasteiger partial charge in [0.25, 0.3) is 0 Å². The SMILES string of the molecule is Cc1ccc(S(=O)(=O)/C(C#N)=C\N2CCN(c3ccc(F)cc3)CC2)cc1C. The number of nitriles is 1. The molecule has 0 saturated carbocycles. The molecule has 0 atom stereocenters. The van der Waals surface area contributed by atoms with Gasteiger partial charge in [0.2, 0.25) is 9.84 Å². The lowest BCUT2D eigenvalue weighted by Crippen LogP contribution is -2.44. The van der Waals surface area contributed by atoms with Crippen LogP contribution < -0.4 is 4.90 Å². The number of hydrogen-bond acceptors (Lipinski definition) is 5. The maximum Gasteiger partial charge on any atom is 0.218 e. The second kappa shape index (κ2) is 8.03. The molecule has 1 heterocycles. The third kappa shape index (κ3) is 4.18. The third-order valence-electron chi connectivity index (χ3n) is 4.99. The smallest absolute Gasteiger partial charge is 0.218 e. The van der Waals surface area contributed by atoms with E-state index >= 15 is 0 Å². The molecule has 1 aliphatic heterocycles. The van der Waals surface area contributed by atoms with Gasteiger partial charge in [-0.2, -0.15) is 5.26 Å². The topological polar surface area (TPSA) is 64.4 Å². The molecule has 0 amide bonds. The standard InChI is InChI=1S/C21H22FN3O2S/c1-16-3-8-20(13-17(16)2)28(26,27)21(14-23)15-24-9-11-25(12-10-24)19-6-4-18(22)5-7-19/h3-8,13,15H,9-12H2,1-2H3/b21-15-. The van der Waals surface area contributed by atoms with Crippen molar-refractivity contribution in [1.82, 2.24) is 4.90 Å². The predicted octanol–water partition coefficient (Wildman–Crippen LogP) is 3.40. The lowest BCUT2D eigenvalue weighted by Gasteiger charge is -2.35. The van der Waals surface area contributed by atoms with Crippen molar-refractivity contribution in [2.45, 2.75) is 18.7 Å². The molecule has 146 valence electrons. The van der Waals surface area contributed by atoms with Crippen molar-refractivity contribution in [3.8, 4) is 6.07 Å². The van der Waals surface area contributed by atoms with Crippen molar-refractivity contribution in [3.05, 3.63) is 70.5 Å². The molecule has 2 aromatic rings. The molecular formula is C21H22FN3O2S. The molecule has 7 heteroatoms. The molecule has 1 fully saturated rings. The van der Waals surface area contributed by atoms with Crippen LogP contribution in [0, 0.1) is 31.0 Å². The molecule has 1 saturated heterocycles. The van der Waals surface area contributed by atoms with E-state index in [2.05, 4.69) is 4.90 Å². The molecular weight excluding hydrogens is 377 g/mol. The van der Waals surface area contributed by atoms with Crippen LogP contribution in [0.15, 0.2) is 58.5 Å². The number of allylic oxidation sites excluding steroid dienone is 1. The van der Waals surface area contributed by atoms with E-state index < -0.39 is 9.84 Å². The first kappa shape index (κ1) is 19.9. The Hall–Kier alpha value is -2.85. The van der Waals surface area contributed by atoms with Gasteiger partial charge in [-0.25, -0.2) is 12.8 Å². The van der Waals surface area contributed by atoms with Crippen LogP contribution in [-0.2, 0) is 9.84 Å². The lowest BCUT2D eigenvalue weighted by molar-refractivity contribution is 0.348. The van der Waals surface area contributed by atoms with E-state index in [9.17, 15) is 18.1 Å². The fraction of sp³-hybridized carbons (Fsp3) is 0.286. The minimum atomic E-state index is -3.86. The van der Waals surface area contributed by atoms with Crippen molar-refractivity contribution in [2.24, 2.45) is 0 Å². The van der Waals surface area contributed by atoms with Crippen molar-refractivity contribution in [1.29, 1.82) is 5.26 Å². The van der Waals surface area contributed by atoms with Crippen LogP contribution in [0.1, 0.15) is 11.1 Å². The summed E-state index contributed by atoms with van der Waals surface area (Å²) >= 11 is 0. The fourth-order valence-corrected chi connectivity index (χ4v) is 4.33. The Morgan fingerprint density at radius 1 is 1.04 bits per heavy atom. The number of benzene rings is 2. The van der Waals surface area contributed by atoms with E-state index in [1.165, 1.54) is 24.4 Å². The summed E-state index contributed by atoms with van der Waals surface area (Å²) in [5.74, 6) is -0.277. The van der Waals surface area contributed by atoms with Gasteiger partial charge in [0.15, 0.2) is 4.91 Å². The Morgan fingerprint density at radius 2 is 1.68 bits per heavy atom. The van der Waals surface area contributed by atoms with Gasteiger partial charge in [-0.1, -0.05) is 6.07 Å². The normalized spacial score (nSPS) is 15.4. The second-order valence-electron chi connectivity index (χ2n) is 6.85. The number of nitrogens with zero attached hydrogens (tertiary/aromatic N) is 3. The highest BCUT2D eigenvalue weighted by Gasteiger charge is 2.24. The van der Waals surface area contributed by atoms with Crippen LogP contribution in [0.4, 0.5) is 10.1 Å². The average Bonchev–Trinajstić information content (AvgIpc) is 2.69. The van der Waals surface area contributed by atoms with Crippen LogP contribution >= 0.6 is 0 Å². The van der Waals surface area contributed by atoms with E-state index in [1.807, 2.05) is 24.8 Å². The summed E-state index contributed by atoms with van der Waals surface area (Å²) in [4.78, 5) is 3.82. The molecule has 5 nitrogen and oxygen atoms in total. The van der Waals surface area contributed by atoms with Gasteiger partial charge in [0.1, 0.15) is 11.9 Å². The van der Waals surface area contributed by atoms with E-state index in [-0.39, 0.29) is 15.6 Å². The van der Waals surface area contributed by atoms with Crippen LogP contribution in [0.5, 0.6) is 0 Å². The Morgan fingerprint density at radius 3 is 2.25 bits per heavy atom. The van der Waals surface area contributed by atoms with Gasteiger partial charge < -0.3 is 9.80 Å². The third-order valence-corrected chi connectivity index (χ3v) is 6.64. The van der Waals surface area contributed by atoms with Crippen LogP contribution in [0.2, 0.25) is 0 Å². The number of anilines is 1. The maximum atomic E-state index is 13.1. The summed E-state index contributed by atoms with van der Waals surface area (Å²) < 4.78 is 38.8. The summed E-state index contributed by atoms with van der Waals surface area (Å²) in [5.41, 5.74) is 2.79. The van der Waals surface area contributed by atoms with Gasteiger partial charge in [-0.05, 0) is 61.4 Å². The number of sulfone groups is 1. The highest BCUT2D eigenvalue weighted by atomic mass is 32.2. The largest absolute Gasteiger partial charge is 0.372 e. The molecule has 3 rings (SSSR count). The number of aryl methyl sites for hydroxylation is 2. The Kier molecular flexibility index (Phi) is 5.71. The van der Waals surface area contributed by atoms with E-state index in [0.717, 1.165) is 16.8 Å². The zero-order chi connectivity index (χ0) is 20.3. The van der Waals surface area contributed by atoms with Crippen LogP contribution in [0.25, 0.3) is 0 Å². The molecule has 0 spiro atoms. The first-order valence-electron chi connectivity index (χ1n) is 9.00. The molecule has 0 aliphatic carbocycles. The minimum absolute atomic E-state index is 0.133. The number of rotatable bonds is 4. The number of piperazine rings is 1. The summed E-state index contributed by atoms with van der Waals surface area (Å²) in [5, 5.41) is 9.46. The minimum Gasteiger partial charge on any atom is -0.372 e. The lowest BCUT2D eigenvalue weighted by atomic mass is 10.1. The van der Waals surface area contributed by atoms with Crippen molar-refractivity contribution in [3.63, 3.8) is 0 Å². The number of halogens is 1. The van der Waals surface area contributed by atoms with Crippen molar-refractivity contribution in [2.75, 3.05) is 31.1 Å². The van der Waals surface area contributed by atoms with Gasteiger partial charge in [0.05, 0.1) is 4.90 Å². The number of hydrogen-bond donors (Lipinski definition) is 0. The summed E-state index contributed by atoms with van der Waals surface area (Å²) in [6, 6.07) is 13.0. The summed E-state index contributed by atoms with van der Waals surface area (Å²) in [6.45, 7) is 6.22. The molecule has 1 aliphatic rings. The van der Waals surface area contributed by atoms with Gasteiger partial charge >= 0.3 is 0 Å². The predicted molar refractivity (Wildman–Crippen MR) is 107 cm³/mol. The van der Waals surface area contributed by atoms with Gasteiger partial charge in [0, 0.05) is 38.1 Å². The van der Waals surface area contributed by atoms with Crippen LogP contribution in [-0.4, -0.2) is 39.5 Å². The first-order valence-corrected chi connectivity index (χ1v) is 10.5. The highest BCUT2D eigenvalue weighted by Crippen LogP contribution is 2.23. The molecule has 0 bridgehead atoms. The molecule has 0 N–H and O–H groups in total. The Bertz CT molecular complexity index is 1030. The van der Waals surface area contributed by atoms with Crippen LogP contribution in [0.3, 0.4) is 0 Å². The monoisotopic (exact) mass is 399 g/mol. The van der Waals surface area contributed by atoms with Gasteiger partial charge in [-0.3, -0.25) is 0 Å². The van der Waals surface area contributed by atoms with E-state index in [0.29, 0.717) is 26.2 Å². The fourth-order valence-electron chi connectivity index (χ4n) is 3.09. The molecule has 0 radical (unpaired) electrons. The van der Waals surface area contributed by atoms with E-state index in [4.69, 9.17) is 0 Å². The molecule has 0 aromatic heterocycles. The zero-order valence-corrected chi connectivity index (χ0v) is 16.7. The Labute approximate surface area is 165 Å². The maximum absolute atomic E-state index is 13.1. The Balaban J connectivity index is 1.75. The summed E-state index contributed by atoms with van der Waals surface area (Å²) in [7, 11) is -3.86. The molecule has 2 aromatic carbocycles. The highest BCUT2D eigenvalue weighted by molar-refractivity contribution is 7.95. The van der Waals surface area contributed by atoms with Crippen molar-refractivity contribution >= 4 is 15.5 Å². The molecule has 0 unspecified atom stereocenters. The quantitative estimate of drug-likeness (QED) is 0.738. The zero-order valence-electron chi connectivity index (χ0n) is 15.9. The van der Waals surface area contributed by atoms with E-state index in [1.54, 1.807) is 24.3 Å². The van der Waals surface area contributed by atoms with Crippen molar-refractivity contribution < 1.29 is 12.8 Å². The molecule has 28 heavy (non-hydrogen) atoms.